The maximum Gasteiger partial charge on any atom is 0.282 e. The minimum atomic E-state index is -0.210. The fourth-order valence-electron chi connectivity index (χ4n) is 2.03. The maximum atomic E-state index is 12.5. The average Bonchev–Trinajstić information content (AvgIpc) is 2.85. The molecule has 106 valence electrons. The molecule has 0 unspecified atom stereocenters. The number of halogens is 1. The molecule has 2 aromatic heterocycles. The molecule has 0 radical (unpaired) electrons. The van der Waals surface area contributed by atoms with E-state index in [1.54, 1.807) is 25.1 Å². The Morgan fingerprint density at radius 1 is 1.29 bits per heavy atom. The largest absolute Gasteiger partial charge is 0.460 e. The van der Waals surface area contributed by atoms with Crippen molar-refractivity contribution in [1.29, 1.82) is 0 Å². The highest BCUT2D eigenvalue weighted by Crippen LogP contribution is 2.15. The number of rotatable bonds is 2. The van der Waals surface area contributed by atoms with Crippen LogP contribution < -0.4 is 5.56 Å². The van der Waals surface area contributed by atoms with E-state index >= 15 is 0 Å². The van der Waals surface area contributed by atoms with Gasteiger partial charge in [0.2, 0.25) is 0 Å². The second-order valence-electron chi connectivity index (χ2n) is 4.63. The summed E-state index contributed by atoms with van der Waals surface area (Å²) in [4.78, 5) is 16.9. The third-order valence-corrected chi connectivity index (χ3v) is 3.53. The number of hydrogen-bond donors (Lipinski definition) is 0. The van der Waals surface area contributed by atoms with Crippen molar-refractivity contribution in [3.63, 3.8) is 0 Å². The molecule has 0 aliphatic heterocycles. The maximum absolute atomic E-state index is 12.5. The van der Waals surface area contributed by atoms with Crippen LogP contribution in [0.2, 0.25) is 0 Å². The first-order valence-electron chi connectivity index (χ1n) is 6.34. The molecule has 3 rings (SSSR count). The van der Waals surface area contributed by atoms with Crippen LogP contribution in [0.1, 0.15) is 17.3 Å². The molecule has 21 heavy (non-hydrogen) atoms. The second-order valence-corrected chi connectivity index (χ2v) is 5.55. The van der Waals surface area contributed by atoms with Crippen LogP contribution in [0.25, 0.3) is 10.9 Å². The van der Waals surface area contributed by atoms with Gasteiger partial charge in [0.25, 0.3) is 5.56 Å². The van der Waals surface area contributed by atoms with Crippen LogP contribution in [0.15, 0.2) is 49.1 Å². The van der Waals surface area contributed by atoms with E-state index in [9.17, 15) is 4.79 Å². The summed E-state index contributed by atoms with van der Waals surface area (Å²) in [6.07, 6.45) is 1.51. The van der Waals surface area contributed by atoms with Crippen LogP contribution in [0, 0.1) is 13.8 Å². The lowest BCUT2D eigenvalue weighted by molar-refractivity contribution is 0.527. The van der Waals surface area contributed by atoms with E-state index in [1.807, 2.05) is 19.1 Å². The molecule has 0 bridgehead atoms. The summed E-state index contributed by atoms with van der Waals surface area (Å²) in [5.41, 5.74) is 0.444. The van der Waals surface area contributed by atoms with Crippen molar-refractivity contribution < 1.29 is 4.42 Å². The van der Waals surface area contributed by atoms with E-state index in [1.165, 1.54) is 10.9 Å². The van der Waals surface area contributed by atoms with Crippen LogP contribution in [-0.2, 0) is 0 Å². The fraction of sp³-hybridized carbons (Fsp3) is 0.133. The molecule has 0 amide bonds. The van der Waals surface area contributed by atoms with E-state index in [2.05, 4.69) is 26.0 Å². The molecule has 1 aromatic carbocycles. The van der Waals surface area contributed by atoms with E-state index < -0.39 is 0 Å². The fourth-order valence-corrected chi connectivity index (χ4v) is 2.39. The molecular formula is C15H12BrN3O2. The Labute approximate surface area is 129 Å². The van der Waals surface area contributed by atoms with Crippen LogP contribution in [-0.4, -0.2) is 15.9 Å². The lowest BCUT2D eigenvalue weighted by Gasteiger charge is -2.05. The van der Waals surface area contributed by atoms with Gasteiger partial charge in [-0.25, -0.2) is 4.98 Å². The molecule has 0 fully saturated rings. The smallest absolute Gasteiger partial charge is 0.282 e. The number of nitrogens with zero attached hydrogens (tertiary/aromatic N) is 3. The lowest BCUT2D eigenvalue weighted by Crippen LogP contribution is -2.20. The van der Waals surface area contributed by atoms with Gasteiger partial charge < -0.3 is 4.42 Å². The highest BCUT2D eigenvalue weighted by molar-refractivity contribution is 9.10. The van der Waals surface area contributed by atoms with Gasteiger partial charge in [-0.05, 0) is 44.2 Å². The van der Waals surface area contributed by atoms with Gasteiger partial charge in [0, 0.05) is 4.47 Å². The second kappa shape index (κ2) is 5.29. The molecular weight excluding hydrogens is 334 g/mol. The van der Waals surface area contributed by atoms with Crippen molar-refractivity contribution in [3.8, 4) is 0 Å². The van der Waals surface area contributed by atoms with Gasteiger partial charge >= 0.3 is 0 Å². The van der Waals surface area contributed by atoms with E-state index in [-0.39, 0.29) is 5.56 Å². The summed E-state index contributed by atoms with van der Waals surface area (Å²) in [5, 5.41) is 4.69. The molecule has 0 saturated heterocycles. The van der Waals surface area contributed by atoms with Gasteiger partial charge in [0.15, 0.2) is 0 Å². The van der Waals surface area contributed by atoms with E-state index in [0.29, 0.717) is 22.5 Å². The van der Waals surface area contributed by atoms with Gasteiger partial charge in [-0.1, -0.05) is 15.9 Å². The monoisotopic (exact) mass is 345 g/mol. The zero-order valence-corrected chi connectivity index (χ0v) is 13.1. The lowest BCUT2D eigenvalue weighted by atomic mass is 10.2. The van der Waals surface area contributed by atoms with Gasteiger partial charge in [0.1, 0.15) is 17.3 Å². The highest BCUT2D eigenvalue weighted by atomic mass is 79.9. The Kier molecular flexibility index (Phi) is 3.47. The highest BCUT2D eigenvalue weighted by Gasteiger charge is 2.07. The molecule has 0 aliphatic rings. The summed E-state index contributed by atoms with van der Waals surface area (Å²) in [5.74, 6) is 1.91. The van der Waals surface area contributed by atoms with Crippen LogP contribution >= 0.6 is 15.9 Å². The van der Waals surface area contributed by atoms with Gasteiger partial charge in [-0.15, -0.1) is 0 Å². The summed E-state index contributed by atoms with van der Waals surface area (Å²) in [6.45, 7) is 3.59. The minimum Gasteiger partial charge on any atom is -0.460 e. The molecule has 0 atom stereocenters. The number of hydrogen-bond acceptors (Lipinski definition) is 4. The predicted molar refractivity (Wildman–Crippen MR) is 84.9 cm³/mol. The SMILES string of the molecule is Cc1ccc(C=Nn2c(C)nc3ccc(Br)cc3c2=O)o1. The van der Waals surface area contributed by atoms with Crippen molar-refractivity contribution in [2.45, 2.75) is 13.8 Å². The first-order valence-corrected chi connectivity index (χ1v) is 7.13. The number of aromatic nitrogens is 2. The quantitative estimate of drug-likeness (QED) is 0.669. The normalized spacial score (nSPS) is 11.6. The zero-order valence-electron chi connectivity index (χ0n) is 11.5. The predicted octanol–water partition coefficient (Wildman–Crippen LogP) is 3.25. The molecule has 0 aliphatic carbocycles. The Hall–Kier alpha value is -2.21. The third kappa shape index (κ3) is 2.67. The van der Waals surface area contributed by atoms with Crippen LogP contribution in [0.3, 0.4) is 0 Å². The standard InChI is InChI=1S/C15H12BrN3O2/c1-9-3-5-12(21-9)8-17-19-10(2)18-14-6-4-11(16)7-13(14)15(19)20/h3-8H,1-2H3. The first kappa shape index (κ1) is 13.8. The number of fused-ring (bicyclic) bond motifs is 1. The van der Waals surface area contributed by atoms with E-state index in [0.717, 1.165) is 10.2 Å². The minimum absolute atomic E-state index is 0.210. The number of benzene rings is 1. The molecule has 0 N–H and O–H groups in total. The molecule has 0 saturated carbocycles. The van der Waals surface area contributed by atoms with Gasteiger partial charge in [-0.3, -0.25) is 4.79 Å². The summed E-state index contributed by atoms with van der Waals surface area (Å²) in [6, 6.07) is 9.04. The summed E-state index contributed by atoms with van der Waals surface area (Å²) >= 11 is 3.36. The van der Waals surface area contributed by atoms with Crippen molar-refractivity contribution in [3.05, 3.63) is 62.5 Å². The summed E-state index contributed by atoms with van der Waals surface area (Å²) < 4.78 is 7.50. The average molecular weight is 346 g/mol. The summed E-state index contributed by atoms with van der Waals surface area (Å²) in [7, 11) is 0. The molecule has 3 aromatic rings. The molecule has 0 spiro atoms. The van der Waals surface area contributed by atoms with Crippen LogP contribution in [0.4, 0.5) is 0 Å². The third-order valence-electron chi connectivity index (χ3n) is 3.03. The molecule has 6 heteroatoms. The topological polar surface area (TPSA) is 60.4 Å². The Morgan fingerprint density at radius 2 is 2.10 bits per heavy atom. The van der Waals surface area contributed by atoms with Crippen molar-refractivity contribution in [2.75, 3.05) is 0 Å². The van der Waals surface area contributed by atoms with Gasteiger partial charge in [-0.2, -0.15) is 9.78 Å². The Balaban J connectivity index is 2.14. The molecule has 5 nitrogen and oxygen atoms in total. The zero-order chi connectivity index (χ0) is 15.0. The number of furan rings is 1. The number of aryl methyl sites for hydroxylation is 2. The van der Waals surface area contributed by atoms with Gasteiger partial charge in [0.05, 0.1) is 17.1 Å². The van der Waals surface area contributed by atoms with E-state index in [4.69, 9.17) is 4.42 Å². The van der Waals surface area contributed by atoms with Crippen molar-refractivity contribution >= 4 is 33.0 Å². The first-order chi connectivity index (χ1) is 10.0. The van der Waals surface area contributed by atoms with Crippen molar-refractivity contribution in [1.82, 2.24) is 9.66 Å². The Bertz CT molecular complexity index is 909. The van der Waals surface area contributed by atoms with Crippen molar-refractivity contribution in [2.24, 2.45) is 5.10 Å². The Morgan fingerprint density at radius 3 is 2.81 bits per heavy atom. The van der Waals surface area contributed by atoms with Crippen LogP contribution in [0.5, 0.6) is 0 Å². The molecule has 2 heterocycles.